The molecule has 0 bridgehead atoms. The average molecular weight is 262 g/mol. The first-order valence-electron chi connectivity index (χ1n) is 6.55. The summed E-state index contributed by atoms with van der Waals surface area (Å²) in [6.07, 6.45) is 5.49. The second kappa shape index (κ2) is 7.84. The Hall–Kier alpha value is -1.49. The molecule has 0 aliphatic carbocycles. The van der Waals surface area contributed by atoms with Crippen molar-refractivity contribution in [1.29, 1.82) is 0 Å². The SMILES string of the molecule is C#CCN(CC#CC)CC(=O)N1CC(C)OC(C)C1. The van der Waals surface area contributed by atoms with Crippen LogP contribution in [0.3, 0.4) is 0 Å². The van der Waals surface area contributed by atoms with Crippen molar-refractivity contribution >= 4 is 5.91 Å². The standard InChI is InChI=1S/C15H22N2O2/c1-5-7-9-16(8-6-2)12-15(18)17-10-13(3)19-14(4)11-17/h2,13-14H,8-12H2,1,3-4H3. The minimum Gasteiger partial charge on any atom is -0.372 e. The number of hydrogen-bond donors (Lipinski definition) is 0. The predicted molar refractivity (Wildman–Crippen MR) is 75.3 cm³/mol. The third-order valence-electron chi connectivity index (χ3n) is 2.93. The molecule has 2 atom stereocenters. The molecule has 1 rings (SSSR count). The highest BCUT2D eigenvalue weighted by Gasteiger charge is 2.26. The van der Waals surface area contributed by atoms with Gasteiger partial charge in [-0.25, -0.2) is 0 Å². The van der Waals surface area contributed by atoms with E-state index in [1.807, 2.05) is 23.6 Å². The lowest BCUT2D eigenvalue weighted by molar-refractivity contribution is -0.144. The van der Waals surface area contributed by atoms with E-state index in [0.717, 1.165) is 0 Å². The normalized spacial score (nSPS) is 22.6. The molecular formula is C15H22N2O2. The maximum atomic E-state index is 12.2. The Balaban J connectivity index is 2.55. The van der Waals surface area contributed by atoms with Crippen molar-refractivity contribution in [2.45, 2.75) is 33.0 Å². The Morgan fingerprint density at radius 3 is 2.53 bits per heavy atom. The summed E-state index contributed by atoms with van der Waals surface area (Å²) in [7, 11) is 0. The molecule has 0 aromatic carbocycles. The summed E-state index contributed by atoms with van der Waals surface area (Å²) < 4.78 is 5.62. The quantitative estimate of drug-likeness (QED) is 0.695. The molecule has 1 fully saturated rings. The molecule has 19 heavy (non-hydrogen) atoms. The monoisotopic (exact) mass is 262 g/mol. The second-order valence-electron chi connectivity index (χ2n) is 4.83. The summed E-state index contributed by atoms with van der Waals surface area (Å²) in [6, 6.07) is 0. The zero-order chi connectivity index (χ0) is 14.3. The summed E-state index contributed by atoms with van der Waals surface area (Å²) in [4.78, 5) is 16.0. The number of nitrogens with zero attached hydrogens (tertiary/aromatic N) is 2. The third-order valence-corrected chi connectivity index (χ3v) is 2.93. The van der Waals surface area contributed by atoms with Gasteiger partial charge in [-0.1, -0.05) is 11.8 Å². The lowest BCUT2D eigenvalue weighted by Gasteiger charge is -2.36. The first-order valence-corrected chi connectivity index (χ1v) is 6.55. The van der Waals surface area contributed by atoms with Gasteiger partial charge in [-0.2, -0.15) is 0 Å². The minimum absolute atomic E-state index is 0.0872. The second-order valence-corrected chi connectivity index (χ2v) is 4.83. The maximum absolute atomic E-state index is 12.2. The molecule has 1 saturated heterocycles. The van der Waals surface area contributed by atoms with Crippen molar-refractivity contribution in [3.63, 3.8) is 0 Å². The highest BCUT2D eigenvalue weighted by Crippen LogP contribution is 2.11. The van der Waals surface area contributed by atoms with Crippen molar-refractivity contribution in [1.82, 2.24) is 9.80 Å². The fourth-order valence-corrected chi connectivity index (χ4v) is 2.16. The van der Waals surface area contributed by atoms with E-state index >= 15 is 0 Å². The Kier molecular flexibility index (Phi) is 6.42. The molecule has 104 valence electrons. The van der Waals surface area contributed by atoms with E-state index < -0.39 is 0 Å². The molecule has 0 aromatic heterocycles. The van der Waals surface area contributed by atoms with Gasteiger partial charge < -0.3 is 9.64 Å². The van der Waals surface area contributed by atoms with E-state index in [4.69, 9.17) is 11.2 Å². The molecule has 0 spiro atoms. The molecule has 1 amide bonds. The van der Waals surface area contributed by atoms with E-state index in [1.165, 1.54) is 0 Å². The van der Waals surface area contributed by atoms with Gasteiger partial charge in [0.2, 0.25) is 5.91 Å². The van der Waals surface area contributed by atoms with Crippen LogP contribution in [0, 0.1) is 24.2 Å². The van der Waals surface area contributed by atoms with Gasteiger partial charge in [0, 0.05) is 13.1 Å². The Morgan fingerprint density at radius 2 is 2.00 bits per heavy atom. The van der Waals surface area contributed by atoms with Crippen LogP contribution in [0.25, 0.3) is 0 Å². The van der Waals surface area contributed by atoms with Crippen LogP contribution in [0.15, 0.2) is 0 Å². The minimum atomic E-state index is 0.0872. The first kappa shape index (κ1) is 15.6. The number of carbonyl (C=O) groups is 1. The Morgan fingerprint density at radius 1 is 1.37 bits per heavy atom. The molecule has 4 heteroatoms. The zero-order valence-electron chi connectivity index (χ0n) is 12.0. The molecule has 4 nitrogen and oxygen atoms in total. The van der Waals surface area contributed by atoms with Gasteiger partial charge >= 0.3 is 0 Å². The van der Waals surface area contributed by atoms with Gasteiger partial charge in [-0.3, -0.25) is 9.69 Å². The van der Waals surface area contributed by atoms with Gasteiger partial charge in [-0.05, 0) is 20.8 Å². The van der Waals surface area contributed by atoms with E-state index in [0.29, 0.717) is 32.7 Å². The van der Waals surface area contributed by atoms with Crippen LogP contribution in [-0.2, 0) is 9.53 Å². The largest absolute Gasteiger partial charge is 0.372 e. The van der Waals surface area contributed by atoms with Crippen LogP contribution in [0.2, 0.25) is 0 Å². The molecule has 0 aromatic rings. The summed E-state index contributed by atoms with van der Waals surface area (Å²) in [5, 5.41) is 0. The van der Waals surface area contributed by atoms with Crippen molar-refractivity contribution in [3.8, 4) is 24.2 Å². The van der Waals surface area contributed by atoms with E-state index in [2.05, 4.69) is 17.8 Å². The van der Waals surface area contributed by atoms with Gasteiger partial charge in [0.05, 0.1) is 31.8 Å². The van der Waals surface area contributed by atoms with E-state index in [9.17, 15) is 4.79 Å². The molecule has 1 aliphatic heterocycles. The van der Waals surface area contributed by atoms with Gasteiger partial charge in [0.1, 0.15) is 0 Å². The number of carbonyl (C=O) groups excluding carboxylic acids is 1. The van der Waals surface area contributed by atoms with Crippen molar-refractivity contribution in [2.75, 3.05) is 32.7 Å². The van der Waals surface area contributed by atoms with E-state index in [1.54, 1.807) is 6.92 Å². The molecule has 0 saturated carbocycles. The van der Waals surface area contributed by atoms with Crippen LogP contribution in [0.1, 0.15) is 20.8 Å². The summed E-state index contributed by atoms with van der Waals surface area (Å²) in [5.41, 5.74) is 0. The molecule has 1 heterocycles. The van der Waals surface area contributed by atoms with Crippen LogP contribution in [0.4, 0.5) is 0 Å². The number of hydrogen-bond acceptors (Lipinski definition) is 3. The average Bonchev–Trinajstić information content (AvgIpc) is 2.35. The number of rotatable bonds is 4. The topological polar surface area (TPSA) is 32.8 Å². The fraction of sp³-hybridized carbons (Fsp3) is 0.667. The van der Waals surface area contributed by atoms with Crippen molar-refractivity contribution in [3.05, 3.63) is 0 Å². The highest BCUT2D eigenvalue weighted by atomic mass is 16.5. The number of terminal acetylenes is 1. The van der Waals surface area contributed by atoms with Gasteiger partial charge in [0.15, 0.2) is 0 Å². The maximum Gasteiger partial charge on any atom is 0.236 e. The number of amides is 1. The smallest absolute Gasteiger partial charge is 0.236 e. The van der Waals surface area contributed by atoms with Crippen LogP contribution in [0.5, 0.6) is 0 Å². The van der Waals surface area contributed by atoms with Gasteiger partial charge in [-0.15, -0.1) is 12.3 Å². The summed E-state index contributed by atoms with van der Waals surface area (Å²) >= 11 is 0. The van der Waals surface area contributed by atoms with Crippen LogP contribution >= 0.6 is 0 Å². The van der Waals surface area contributed by atoms with Crippen LogP contribution < -0.4 is 0 Å². The Bertz CT molecular complexity index is 393. The molecule has 1 aliphatic rings. The Labute approximate surface area is 116 Å². The lowest BCUT2D eigenvalue weighted by Crippen LogP contribution is -2.51. The van der Waals surface area contributed by atoms with Gasteiger partial charge in [0.25, 0.3) is 0 Å². The molecule has 0 N–H and O–H groups in total. The molecule has 0 radical (unpaired) electrons. The third kappa shape index (κ3) is 5.34. The first-order chi connectivity index (χ1) is 9.06. The zero-order valence-corrected chi connectivity index (χ0v) is 12.0. The number of ether oxygens (including phenoxy) is 1. The van der Waals surface area contributed by atoms with E-state index in [-0.39, 0.29) is 18.1 Å². The van der Waals surface area contributed by atoms with Crippen molar-refractivity contribution < 1.29 is 9.53 Å². The lowest BCUT2D eigenvalue weighted by atomic mass is 10.2. The molecular weight excluding hydrogens is 240 g/mol. The summed E-state index contributed by atoms with van der Waals surface area (Å²) in [5.74, 6) is 8.42. The fourth-order valence-electron chi connectivity index (χ4n) is 2.16. The predicted octanol–water partition coefficient (Wildman–Crippen LogP) is 0.581. The highest BCUT2D eigenvalue weighted by molar-refractivity contribution is 5.78. The van der Waals surface area contributed by atoms with Crippen molar-refractivity contribution in [2.24, 2.45) is 0 Å². The van der Waals surface area contributed by atoms with Crippen LogP contribution in [-0.4, -0.2) is 60.6 Å². The molecule has 2 unspecified atom stereocenters. The summed E-state index contributed by atoms with van der Waals surface area (Å²) in [6.45, 7) is 8.33. The number of morpholine rings is 1.